The van der Waals surface area contributed by atoms with E-state index in [1.807, 2.05) is 0 Å². The number of hydrogen-bond donors (Lipinski definition) is 2. The summed E-state index contributed by atoms with van der Waals surface area (Å²) in [7, 11) is 0. The molecule has 0 saturated carbocycles. The van der Waals surface area contributed by atoms with Crippen molar-refractivity contribution >= 4 is 10.9 Å². The average Bonchev–Trinajstić information content (AvgIpc) is 2.78. The number of aromatic amines is 1. The molecule has 1 aromatic carbocycles. The first kappa shape index (κ1) is 10.6. The predicted molar refractivity (Wildman–Crippen MR) is 73.5 cm³/mol. The minimum atomic E-state index is 0.364. The number of fused-ring (bicyclic) bond motifs is 5. The van der Waals surface area contributed by atoms with Gasteiger partial charge >= 0.3 is 0 Å². The van der Waals surface area contributed by atoms with Gasteiger partial charge in [-0.15, -0.1) is 0 Å². The molecule has 1 fully saturated rings. The van der Waals surface area contributed by atoms with Crippen LogP contribution in [-0.2, 0) is 6.42 Å². The second kappa shape index (κ2) is 3.84. The molecule has 2 atom stereocenters. The van der Waals surface area contributed by atoms with E-state index in [1.165, 1.54) is 35.1 Å². The van der Waals surface area contributed by atoms with E-state index in [0.29, 0.717) is 12.1 Å². The molecular formula is C15H19N3. The third-order valence-corrected chi connectivity index (χ3v) is 4.58. The van der Waals surface area contributed by atoms with Gasteiger partial charge in [-0.05, 0) is 30.9 Å². The Kier molecular flexibility index (Phi) is 2.26. The van der Waals surface area contributed by atoms with Crippen LogP contribution >= 0.6 is 0 Å². The van der Waals surface area contributed by atoms with Crippen molar-refractivity contribution in [3.63, 3.8) is 0 Å². The Morgan fingerprint density at radius 1 is 1.22 bits per heavy atom. The van der Waals surface area contributed by atoms with Crippen molar-refractivity contribution in [2.75, 3.05) is 13.1 Å². The molecule has 1 aromatic heterocycles. The van der Waals surface area contributed by atoms with E-state index in [2.05, 4.69) is 34.1 Å². The zero-order chi connectivity index (χ0) is 12.1. The molecular weight excluding hydrogens is 222 g/mol. The van der Waals surface area contributed by atoms with Crippen LogP contribution in [0.1, 0.15) is 30.1 Å². The van der Waals surface area contributed by atoms with Crippen molar-refractivity contribution in [3.8, 4) is 0 Å². The summed E-state index contributed by atoms with van der Waals surface area (Å²) in [6.07, 6.45) is 3.41. The first-order valence-corrected chi connectivity index (χ1v) is 6.92. The minimum absolute atomic E-state index is 0.364. The molecule has 2 aliphatic rings. The Hall–Kier alpha value is -1.32. The molecule has 0 amide bonds. The molecule has 3 heteroatoms. The van der Waals surface area contributed by atoms with Gasteiger partial charge in [-0.1, -0.05) is 18.2 Å². The molecule has 0 aliphatic carbocycles. The highest BCUT2D eigenvalue weighted by atomic mass is 15.2. The van der Waals surface area contributed by atoms with Crippen molar-refractivity contribution in [3.05, 3.63) is 35.5 Å². The highest BCUT2D eigenvalue weighted by Crippen LogP contribution is 2.38. The van der Waals surface area contributed by atoms with Gasteiger partial charge in [0.1, 0.15) is 0 Å². The van der Waals surface area contributed by atoms with Gasteiger partial charge < -0.3 is 10.7 Å². The molecule has 3 nitrogen and oxygen atoms in total. The summed E-state index contributed by atoms with van der Waals surface area (Å²) in [6, 6.07) is 9.54. The maximum atomic E-state index is 6.15. The van der Waals surface area contributed by atoms with E-state index in [0.717, 1.165) is 19.4 Å². The lowest BCUT2D eigenvalue weighted by Gasteiger charge is -2.41. The summed E-state index contributed by atoms with van der Waals surface area (Å²) >= 11 is 0. The monoisotopic (exact) mass is 241 g/mol. The fraction of sp³-hybridized carbons (Fsp3) is 0.467. The van der Waals surface area contributed by atoms with E-state index in [1.54, 1.807) is 0 Å². The summed E-state index contributed by atoms with van der Waals surface area (Å²) in [5.74, 6) is 0. The molecule has 3 N–H and O–H groups in total. The van der Waals surface area contributed by atoms with Crippen molar-refractivity contribution in [1.82, 2.24) is 9.88 Å². The Morgan fingerprint density at radius 2 is 2.11 bits per heavy atom. The average molecular weight is 241 g/mol. The maximum Gasteiger partial charge on any atom is 0.0516 e. The number of hydrogen-bond acceptors (Lipinski definition) is 2. The maximum absolute atomic E-state index is 6.15. The molecule has 0 spiro atoms. The van der Waals surface area contributed by atoms with Gasteiger partial charge in [-0.3, -0.25) is 4.90 Å². The molecule has 3 heterocycles. The third kappa shape index (κ3) is 1.44. The highest BCUT2D eigenvalue weighted by Gasteiger charge is 2.34. The van der Waals surface area contributed by atoms with Gasteiger partial charge in [0.05, 0.1) is 6.04 Å². The van der Waals surface area contributed by atoms with E-state index in [-0.39, 0.29) is 0 Å². The lowest BCUT2D eigenvalue weighted by molar-refractivity contribution is 0.124. The van der Waals surface area contributed by atoms with Crippen LogP contribution in [0.4, 0.5) is 0 Å². The topological polar surface area (TPSA) is 45.0 Å². The Morgan fingerprint density at radius 3 is 3.06 bits per heavy atom. The van der Waals surface area contributed by atoms with Crippen LogP contribution in [-0.4, -0.2) is 29.0 Å². The van der Waals surface area contributed by atoms with Crippen LogP contribution in [0, 0.1) is 0 Å². The summed E-state index contributed by atoms with van der Waals surface area (Å²) in [5, 5.41) is 1.41. The molecule has 1 saturated heterocycles. The van der Waals surface area contributed by atoms with Crippen LogP contribution in [0.5, 0.6) is 0 Å². The third-order valence-electron chi connectivity index (χ3n) is 4.58. The van der Waals surface area contributed by atoms with E-state index in [4.69, 9.17) is 5.73 Å². The number of rotatable bonds is 0. The number of benzene rings is 1. The standard InChI is InChI=1S/C15H19N3/c16-10-5-7-18-8-6-12-11-3-1-2-4-13(11)17-15(12)14(18)9-10/h1-4,10,14,17H,5-9,16H2/t10-,14+/m0/s1. The van der Waals surface area contributed by atoms with Crippen molar-refractivity contribution < 1.29 is 0 Å². The Bertz CT molecular complexity index is 586. The molecule has 0 unspecified atom stereocenters. The Balaban J connectivity index is 1.86. The number of H-pyrrole nitrogens is 1. The quantitative estimate of drug-likeness (QED) is 0.742. The van der Waals surface area contributed by atoms with Gasteiger partial charge in [0, 0.05) is 35.7 Å². The Labute approximate surface area is 107 Å². The van der Waals surface area contributed by atoms with E-state index >= 15 is 0 Å². The molecule has 18 heavy (non-hydrogen) atoms. The minimum Gasteiger partial charge on any atom is -0.357 e. The number of aromatic nitrogens is 1. The van der Waals surface area contributed by atoms with Gasteiger partial charge in [0.2, 0.25) is 0 Å². The van der Waals surface area contributed by atoms with Crippen LogP contribution in [0.3, 0.4) is 0 Å². The number of nitrogens with two attached hydrogens (primary N) is 1. The van der Waals surface area contributed by atoms with Crippen molar-refractivity contribution in [2.24, 2.45) is 5.73 Å². The largest absolute Gasteiger partial charge is 0.357 e. The number of nitrogens with one attached hydrogen (secondary N) is 1. The lowest BCUT2D eigenvalue weighted by Crippen LogP contribution is -2.45. The molecule has 4 rings (SSSR count). The van der Waals surface area contributed by atoms with E-state index in [9.17, 15) is 0 Å². The molecule has 0 radical (unpaired) electrons. The highest BCUT2D eigenvalue weighted by molar-refractivity contribution is 5.85. The molecule has 94 valence electrons. The first-order chi connectivity index (χ1) is 8.83. The van der Waals surface area contributed by atoms with Crippen LogP contribution < -0.4 is 5.73 Å². The van der Waals surface area contributed by atoms with Crippen LogP contribution in [0.2, 0.25) is 0 Å². The van der Waals surface area contributed by atoms with Crippen molar-refractivity contribution in [2.45, 2.75) is 31.3 Å². The summed E-state index contributed by atoms with van der Waals surface area (Å²) < 4.78 is 0. The number of para-hydroxylation sites is 1. The van der Waals surface area contributed by atoms with Crippen LogP contribution in [0.15, 0.2) is 24.3 Å². The fourth-order valence-corrected chi connectivity index (χ4v) is 3.64. The molecule has 2 aromatic rings. The van der Waals surface area contributed by atoms with Crippen molar-refractivity contribution in [1.29, 1.82) is 0 Å². The SMILES string of the molecule is N[C@H]1CCN2CCc3c([nH]c4ccccc34)[C@H]2C1. The summed E-state index contributed by atoms with van der Waals surface area (Å²) in [4.78, 5) is 6.24. The lowest BCUT2D eigenvalue weighted by atomic mass is 9.89. The smallest absolute Gasteiger partial charge is 0.0516 e. The van der Waals surface area contributed by atoms with E-state index < -0.39 is 0 Å². The summed E-state index contributed by atoms with van der Waals surface area (Å²) in [5.41, 5.74) is 10.4. The number of nitrogens with zero attached hydrogens (tertiary/aromatic N) is 1. The molecule has 2 aliphatic heterocycles. The number of piperidine rings is 1. The predicted octanol–water partition coefficient (Wildman–Crippen LogP) is 2.19. The second-order valence-electron chi connectivity index (χ2n) is 5.65. The van der Waals surface area contributed by atoms with Gasteiger partial charge in [0.15, 0.2) is 0 Å². The zero-order valence-electron chi connectivity index (χ0n) is 10.5. The fourth-order valence-electron chi connectivity index (χ4n) is 3.64. The molecule has 0 bridgehead atoms. The van der Waals surface area contributed by atoms with Gasteiger partial charge in [0.25, 0.3) is 0 Å². The second-order valence-corrected chi connectivity index (χ2v) is 5.65. The van der Waals surface area contributed by atoms with Gasteiger partial charge in [-0.25, -0.2) is 0 Å². The zero-order valence-corrected chi connectivity index (χ0v) is 10.5. The van der Waals surface area contributed by atoms with Crippen LogP contribution in [0.25, 0.3) is 10.9 Å². The first-order valence-electron chi connectivity index (χ1n) is 6.92. The normalized spacial score (nSPS) is 28.1. The van der Waals surface area contributed by atoms with Gasteiger partial charge in [-0.2, -0.15) is 0 Å². The summed E-state index contributed by atoms with van der Waals surface area (Å²) in [6.45, 7) is 2.34.